The molecule has 1 aliphatic heterocycles. The maximum absolute atomic E-state index is 3.80. The van der Waals surface area contributed by atoms with Crippen LogP contribution in [0.1, 0.15) is 43.2 Å². The minimum atomic E-state index is 0.709. The lowest BCUT2D eigenvalue weighted by Gasteiger charge is -2.29. The molecule has 0 saturated heterocycles. The Hall–Kier alpha value is -0.670. The Labute approximate surface area is 127 Å². The van der Waals surface area contributed by atoms with E-state index in [4.69, 9.17) is 0 Å². The summed E-state index contributed by atoms with van der Waals surface area (Å²) in [5.74, 6) is 0. The second kappa shape index (κ2) is 6.86. The van der Waals surface area contributed by atoms with Crippen molar-refractivity contribution in [3.05, 3.63) is 29.3 Å². The second-order valence-corrected chi connectivity index (χ2v) is 7.22. The fourth-order valence-electron chi connectivity index (χ4n) is 3.53. The zero-order valence-electron chi connectivity index (χ0n) is 12.5. The molecule has 3 rings (SSSR count). The van der Waals surface area contributed by atoms with Crippen LogP contribution in [0, 0.1) is 0 Å². The van der Waals surface area contributed by atoms with Gasteiger partial charge in [-0.05, 0) is 49.5 Å². The van der Waals surface area contributed by atoms with Crippen LogP contribution < -0.4 is 10.6 Å². The third-order valence-corrected chi connectivity index (χ3v) is 5.80. The molecular weight excluding hydrogens is 264 g/mol. The van der Waals surface area contributed by atoms with Crippen molar-refractivity contribution >= 4 is 17.4 Å². The highest BCUT2D eigenvalue weighted by atomic mass is 32.2. The normalized spacial score (nSPS) is 25.9. The largest absolute Gasteiger partial charge is 0.385 e. The number of fused-ring (bicyclic) bond motifs is 1. The predicted octanol–water partition coefficient (Wildman–Crippen LogP) is 3.81. The van der Waals surface area contributed by atoms with Crippen LogP contribution in [-0.4, -0.2) is 24.1 Å². The van der Waals surface area contributed by atoms with Gasteiger partial charge in [0, 0.05) is 30.1 Å². The van der Waals surface area contributed by atoms with Crippen LogP contribution in [0.3, 0.4) is 0 Å². The first-order chi connectivity index (χ1) is 9.86. The van der Waals surface area contributed by atoms with Crippen LogP contribution >= 0.6 is 11.8 Å². The molecule has 1 aliphatic carbocycles. The van der Waals surface area contributed by atoms with Crippen molar-refractivity contribution in [2.75, 3.05) is 18.1 Å². The second-order valence-electron chi connectivity index (χ2n) is 6.08. The Morgan fingerprint density at radius 3 is 3.15 bits per heavy atom. The van der Waals surface area contributed by atoms with Crippen LogP contribution in [0.5, 0.6) is 0 Å². The van der Waals surface area contributed by atoms with Crippen LogP contribution in [0.2, 0.25) is 0 Å². The van der Waals surface area contributed by atoms with E-state index in [1.54, 1.807) is 0 Å². The molecule has 1 heterocycles. The Morgan fingerprint density at radius 1 is 1.30 bits per heavy atom. The van der Waals surface area contributed by atoms with Gasteiger partial charge in [-0.2, -0.15) is 11.8 Å². The molecule has 1 fully saturated rings. The van der Waals surface area contributed by atoms with E-state index in [0.717, 1.165) is 18.3 Å². The summed E-state index contributed by atoms with van der Waals surface area (Å²) in [7, 11) is 0. The van der Waals surface area contributed by atoms with Gasteiger partial charge in [0.1, 0.15) is 0 Å². The van der Waals surface area contributed by atoms with Crippen LogP contribution in [-0.2, 0) is 13.0 Å². The fourth-order valence-corrected chi connectivity index (χ4v) is 4.35. The molecular formula is C17H26N2S. The van der Waals surface area contributed by atoms with E-state index >= 15 is 0 Å². The Morgan fingerprint density at radius 2 is 2.25 bits per heavy atom. The molecule has 2 atom stereocenters. The first-order valence-corrected chi connectivity index (χ1v) is 9.26. The monoisotopic (exact) mass is 290 g/mol. The van der Waals surface area contributed by atoms with Crippen molar-refractivity contribution in [3.8, 4) is 0 Å². The number of thioether (sulfide) groups is 1. The number of hydrogen-bond acceptors (Lipinski definition) is 3. The lowest BCUT2D eigenvalue weighted by molar-refractivity contribution is 0.380. The maximum Gasteiger partial charge on any atom is 0.0418 e. The quantitative estimate of drug-likeness (QED) is 0.882. The van der Waals surface area contributed by atoms with E-state index in [2.05, 4.69) is 35.1 Å². The molecule has 3 heteroatoms. The molecule has 0 amide bonds. The number of anilines is 1. The molecule has 0 spiro atoms. The Bertz CT molecular complexity index is 447. The van der Waals surface area contributed by atoms with Gasteiger partial charge in [-0.1, -0.05) is 24.6 Å². The highest BCUT2D eigenvalue weighted by Gasteiger charge is 2.21. The molecule has 2 N–H and O–H groups in total. The van der Waals surface area contributed by atoms with Gasteiger partial charge < -0.3 is 10.6 Å². The molecule has 1 aromatic rings. The lowest BCUT2D eigenvalue weighted by Crippen LogP contribution is -2.35. The van der Waals surface area contributed by atoms with Gasteiger partial charge in [-0.15, -0.1) is 0 Å². The van der Waals surface area contributed by atoms with E-state index in [1.807, 2.05) is 11.8 Å². The topological polar surface area (TPSA) is 24.1 Å². The summed E-state index contributed by atoms with van der Waals surface area (Å²) >= 11 is 2.04. The zero-order valence-corrected chi connectivity index (χ0v) is 13.3. The van der Waals surface area contributed by atoms with Gasteiger partial charge in [0.15, 0.2) is 0 Å². The summed E-state index contributed by atoms with van der Waals surface area (Å²) in [5.41, 5.74) is 4.36. The van der Waals surface area contributed by atoms with Gasteiger partial charge in [0.25, 0.3) is 0 Å². The standard InChI is InChI=1S/C17H26N2S/c1-20-16-9-3-8-15(11-16)19-12-14-6-2-5-13-7-4-10-18-17(13)14/h2,5-6,15-16,18-19H,3-4,7-12H2,1H3. The molecule has 0 bridgehead atoms. The zero-order chi connectivity index (χ0) is 13.8. The lowest BCUT2D eigenvalue weighted by atomic mass is 9.94. The minimum Gasteiger partial charge on any atom is -0.385 e. The first-order valence-electron chi connectivity index (χ1n) is 7.97. The summed E-state index contributed by atoms with van der Waals surface area (Å²) in [6.07, 6.45) is 10.2. The average molecular weight is 290 g/mol. The summed E-state index contributed by atoms with van der Waals surface area (Å²) in [6, 6.07) is 7.48. The SMILES string of the molecule is CSC1CCCC(NCc2cccc3c2NCCC3)C1. The highest BCUT2D eigenvalue weighted by molar-refractivity contribution is 7.99. The number of hydrogen-bond donors (Lipinski definition) is 2. The number of rotatable bonds is 4. The van der Waals surface area contributed by atoms with E-state index in [9.17, 15) is 0 Å². The Kier molecular flexibility index (Phi) is 4.90. The minimum absolute atomic E-state index is 0.709. The average Bonchev–Trinajstić information content (AvgIpc) is 2.53. The fraction of sp³-hybridized carbons (Fsp3) is 0.647. The summed E-state index contributed by atoms with van der Waals surface area (Å²) in [5, 5.41) is 8.26. The predicted molar refractivity (Wildman–Crippen MR) is 89.7 cm³/mol. The maximum atomic E-state index is 3.80. The number of para-hydroxylation sites is 1. The van der Waals surface area contributed by atoms with Crippen LogP contribution in [0.4, 0.5) is 5.69 Å². The molecule has 20 heavy (non-hydrogen) atoms. The van der Waals surface area contributed by atoms with Crippen molar-refractivity contribution in [3.63, 3.8) is 0 Å². The van der Waals surface area contributed by atoms with Gasteiger partial charge in [0.2, 0.25) is 0 Å². The van der Waals surface area contributed by atoms with Gasteiger partial charge in [-0.25, -0.2) is 0 Å². The number of nitrogens with one attached hydrogen (secondary N) is 2. The van der Waals surface area contributed by atoms with E-state index in [0.29, 0.717) is 6.04 Å². The van der Waals surface area contributed by atoms with Crippen molar-refractivity contribution in [2.45, 2.75) is 56.4 Å². The summed E-state index contributed by atoms with van der Waals surface area (Å²) in [6.45, 7) is 2.14. The van der Waals surface area contributed by atoms with Crippen LogP contribution in [0.15, 0.2) is 18.2 Å². The molecule has 1 saturated carbocycles. The van der Waals surface area contributed by atoms with Gasteiger partial charge in [-0.3, -0.25) is 0 Å². The van der Waals surface area contributed by atoms with E-state index in [1.165, 1.54) is 55.3 Å². The number of benzene rings is 1. The van der Waals surface area contributed by atoms with Gasteiger partial charge >= 0.3 is 0 Å². The molecule has 0 aromatic heterocycles. The molecule has 2 aliphatic rings. The summed E-state index contributed by atoms with van der Waals surface area (Å²) < 4.78 is 0. The highest BCUT2D eigenvalue weighted by Crippen LogP contribution is 2.29. The third-order valence-electron chi connectivity index (χ3n) is 4.70. The van der Waals surface area contributed by atoms with Crippen molar-refractivity contribution in [1.29, 1.82) is 0 Å². The first kappa shape index (κ1) is 14.3. The van der Waals surface area contributed by atoms with E-state index < -0.39 is 0 Å². The van der Waals surface area contributed by atoms with Gasteiger partial charge in [0.05, 0.1) is 0 Å². The van der Waals surface area contributed by atoms with Crippen LogP contribution in [0.25, 0.3) is 0 Å². The van der Waals surface area contributed by atoms with Crippen molar-refractivity contribution in [2.24, 2.45) is 0 Å². The molecule has 110 valence electrons. The summed E-state index contributed by atoms with van der Waals surface area (Å²) in [4.78, 5) is 0. The smallest absolute Gasteiger partial charge is 0.0418 e. The molecule has 2 unspecified atom stereocenters. The van der Waals surface area contributed by atoms with Crippen molar-refractivity contribution < 1.29 is 0 Å². The third kappa shape index (κ3) is 3.32. The molecule has 2 nitrogen and oxygen atoms in total. The number of aryl methyl sites for hydroxylation is 1. The van der Waals surface area contributed by atoms with E-state index in [-0.39, 0.29) is 0 Å². The van der Waals surface area contributed by atoms with Crippen molar-refractivity contribution in [1.82, 2.24) is 5.32 Å². The Balaban J connectivity index is 1.61. The molecule has 0 radical (unpaired) electrons. The molecule has 1 aromatic carbocycles.